The first kappa shape index (κ1) is 21.9. The van der Waals surface area contributed by atoms with Gasteiger partial charge in [0.15, 0.2) is 0 Å². The number of nitrogens with one attached hydrogen (secondary N) is 2. The summed E-state index contributed by atoms with van der Waals surface area (Å²) < 4.78 is 27.4. The summed E-state index contributed by atoms with van der Waals surface area (Å²) in [4.78, 5) is 26.7. The summed E-state index contributed by atoms with van der Waals surface area (Å²) >= 11 is 0. The van der Waals surface area contributed by atoms with E-state index in [9.17, 15) is 18.4 Å². The van der Waals surface area contributed by atoms with Gasteiger partial charge in [-0.05, 0) is 62.7 Å². The van der Waals surface area contributed by atoms with Gasteiger partial charge in [-0.3, -0.25) is 14.5 Å². The highest BCUT2D eigenvalue weighted by Crippen LogP contribution is 2.18. The zero-order chi connectivity index (χ0) is 21.3. The smallest absolute Gasteiger partial charge is 0.238 e. The number of rotatable bonds is 7. The Morgan fingerprint density at radius 3 is 2.03 bits per heavy atom. The van der Waals surface area contributed by atoms with Crippen molar-refractivity contribution in [1.82, 2.24) is 4.90 Å². The highest BCUT2D eigenvalue weighted by Gasteiger charge is 2.14. The summed E-state index contributed by atoms with van der Waals surface area (Å²) in [6, 6.07) is 10.5. The third-order valence-electron chi connectivity index (χ3n) is 5.16. The number of carbonyl (C=O) groups is 2. The maximum absolute atomic E-state index is 13.7. The first-order valence-corrected chi connectivity index (χ1v) is 10.4. The summed E-state index contributed by atoms with van der Waals surface area (Å²) in [6.07, 6.45) is 4.57. The predicted molar refractivity (Wildman–Crippen MR) is 113 cm³/mol. The Morgan fingerprint density at radius 1 is 0.833 bits per heavy atom. The quantitative estimate of drug-likeness (QED) is 0.707. The fourth-order valence-electron chi connectivity index (χ4n) is 3.61. The van der Waals surface area contributed by atoms with Crippen molar-refractivity contribution in [2.45, 2.75) is 38.5 Å². The first-order valence-electron chi connectivity index (χ1n) is 10.4. The van der Waals surface area contributed by atoms with Crippen LogP contribution >= 0.6 is 0 Å². The standard InChI is InChI=1S/C23H27F2N3O2/c24-20-9-6-10-21(25)19(20)11-12-22(29)26-17-7-5-8-18(15-17)27-23(30)16-28-13-3-1-2-4-14-28/h5-10,15H,1-4,11-14,16H2,(H,26,29)(H,27,30). The van der Waals surface area contributed by atoms with Crippen LogP contribution in [0, 0.1) is 11.6 Å². The van der Waals surface area contributed by atoms with Gasteiger partial charge < -0.3 is 10.6 Å². The summed E-state index contributed by atoms with van der Waals surface area (Å²) in [5, 5.41) is 5.57. The van der Waals surface area contributed by atoms with Crippen molar-refractivity contribution in [3.05, 3.63) is 59.7 Å². The number of amides is 2. The van der Waals surface area contributed by atoms with Crippen molar-refractivity contribution >= 4 is 23.2 Å². The second-order valence-electron chi connectivity index (χ2n) is 7.57. The van der Waals surface area contributed by atoms with E-state index in [1.54, 1.807) is 24.3 Å². The van der Waals surface area contributed by atoms with Crippen LogP contribution in [-0.2, 0) is 16.0 Å². The fourth-order valence-corrected chi connectivity index (χ4v) is 3.61. The first-order chi connectivity index (χ1) is 14.5. The molecule has 1 heterocycles. The summed E-state index contributed by atoms with van der Waals surface area (Å²) in [5.74, 6) is -1.75. The van der Waals surface area contributed by atoms with Gasteiger partial charge in [0.05, 0.1) is 6.54 Å². The lowest BCUT2D eigenvalue weighted by atomic mass is 10.1. The van der Waals surface area contributed by atoms with E-state index in [0.717, 1.165) is 25.9 Å². The fraction of sp³-hybridized carbons (Fsp3) is 0.391. The molecule has 2 amide bonds. The molecule has 5 nitrogen and oxygen atoms in total. The van der Waals surface area contributed by atoms with Crippen LogP contribution < -0.4 is 10.6 Å². The lowest BCUT2D eigenvalue weighted by Gasteiger charge is -2.19. The predicted octanol–water partition coefficient (Wildman–Crippen LogP) is 4.35. The summed E-state index contributed by atoms with van der Waals surface area (Å²) in [5.41, 5.74) is 1.01. The molecule has 1 aliphatic rings. The minimum atomic E-state index is -0.656. The molecule has 2 aromatic rings. The number of anilines is 2. The maximum atomic E-state index is 13.7. The Bertz CT molecular complexity index is 860. The lowest BCUT2D eigenvalue weighted by Crippen LogP contribution is -2.33. The number of carbonyl (C=O) groups excluding carboxylic acids is 2. The van der Waals surface area contributed by atoms with Crippen LogP contribution in [-0.4, -0.2) is 36.3 Å². The second kappa shape index (κ2) is 10.8. The van der Waals surface area contributed by atoms with Gasteiger partial charge in [-0.2, -0.15) is 0 Å². The number of hydrogen-bond donors (Lipinski definition) is 2. The van der Waals surface area contributed by atoms with Crippen molar-refractivity contribution in [3.63, 3.8) is 0 Å². The Morgan fingerprint density at radius 2 is 1.40 bits per heavy atom. The molecule has 0 spiro atoms. The average Bonchev–Trinajstić information content (AvgIpc) is 2.96. The van der Waals surface area contributed by atoms with E-state index in [1.807, 2.05) is 0 Å². The van der Waals surface area contributed by atoms with E-state index in [-0.39, 0.29) is 30.2 Å². The van der Waals surface area contributed by atoms with E-state index < -0.39 is 11.6 Å². The molecule has 1 aliphatic heterocycles. The number of benzene rings is 2. The van der Waals surface area contributed by atoms with Crippen molar-refractivity contribution in [2.24, 2.45) is 0 Å². The molecule has 0 atom stereocenters. The van der Waals surface area contributed by atoms with E-state index in [0.29, 0.717) is 17.9 Å². The molecule has 0 bridgehead atoms. The molecule has 30 heavy (non-hydrogen) atoms. The molecular formula is C23H27F2N3O2. The van der Waals surface area contributed by atoms with Gasteiger partial charge in [0.25, 0.3) is 0 Å². The molecule has 0 aromatic heterocycles. The number of likely N-dealkylation sites (tertiary alicyclic amines) is 1. The molecule has 0 aliphatic carbocycles. The van der Waals surface area contributed by atoms with Crippen LogP contribution in [0.2, 0.25) is 0 Å². The van der Waals surface area contributed by atoms with Crippen molar-refractivity contribution in [1.29, 1.82) is 0 Å². The zero-order valence-corrected chi connectivity index (χ0v) is 16.9. The molecule has 1 saturated heterocycles. The Labute approximate surface area is 175 Å². The van der Waals surface area contributed by atoms with Gasteiger partial charge in [0.1, 0.15) is 11.6 Å². The molecule has 2 N–H and O–H groups in total. The molecule has 1 fully saturated rings. The van der Waals surface area contributed by atoms with Gasteiger partial charge in [0.2, 0.25) is 11.8 Å². The van der Waals surface area contributed by atoms with Gasteiger partial charge in [-0.15, -0.1) is 0 Å². The molecule has 7 heteroatoms. The van der Waals surface area contributed by atoms with Gasteiger partial charge >= 0.3 is 0 Å². The molecule has 2 aromatic carbocycles. The van der Waals surface area contributed by atoms with E-state index in [2.05, 4.69) is 15.5 Å². The van der Waals surface area contributed by atoms with Crippen molar-refractivity contribution in [3.8, 4) is 0 Å². The van der Waals surface area contributed by atoms with Gasteiger partial charge in [0, 0.05) is 23.4 Å². The number of halogens is 2. The third kappa shape index (κ3) is 6.62. The molecule has 160 valence electrons. The van der Waals surface area contributed by atoms with Crippen LogP contribution in [0.1, 0.15) is 37.7 Å². The lowest BCUT2D eigenvalue weighted by molar-refractivity contribution is -0.117. The van der Waals surface area contributed by atoms with E-state index in [1.165, 1.54) is 31.0 Å². The summed E-state index contributed by atoms with van der Waals surface area (Å²) in [7, 11) is 0. The van der Waals surface area contributed by atoms with Crippen LogP contribution in [0.25, 0.3) is 0 Å². The van der Waals surface area contributed by atoms with Crippen molar-refractivity contribution in [2.75, 3.05) is 30.3 Å². The van der Waals surface area contributed by atoms with Crippen molar-refractivity contribution < 1.29 is 18.4 Å². The third-order valence-corrected chi connectivity index (χ3v) is 5.16. The number of nitrogens with zero attached hydrogens (tertiary/aromatic N) is 1. The molecule has 0 unspecified atom stereocenters. The molecular weight excluding hydrogens is 388 g/mol. The van der Waals surface area contributed by atoms with Gasteiger partial charge in [-0.25, -0.2) is 8.78 Å². The average molecular weight is 415 g/mol. The topological polar surface area (TPSA) is 61.4 Å². The van der Waals surface area contributed by atoms with Gasteiger partial charge in [-0.1, -0.05) is 25.0 Å². The van der Waals surface area contributed by atoms with Crippen LogP contribution in [0.4, 0.5) is 20.2 Å². The highest BCUT2D eigenvalue weighted by atomic mass is 19.1. The monoisotopic (exact) mass is 415 g/mol. The van der Waals surface area contributed by atoms with Crippen LogP contribution in [0.5, 0.6) is 0 Å². The van der Waals surface area contributed by atoms with E-state index >= 15 is 0 Å². The molecule has 0 saturated carbocycles. The Hall–Kier alpha value is -2.80. The highest BCUT2D eigenvalue weighted by molar-refractivity contribution is 5.94. The van der Waals surface area contributed by atoms with Crippen LogP contribution in [0.3, 0.4) is 0 Å². The minimum Gasteiger partial charge on any atom is -0.326 e. The zero-order valence-electron chi connectivity index (χ0n) is 16.9. The Balaban J connectivity index is 1.50. The minimum absolute atomic E-state index is 0.0311. The number of hydrogen-bond acceptors (Lipinski definition) is 3. The maximum Gasteiger partial charge on any atom is 0.238 e. The second-order valence-corrected chi connectivity index (χ2v) is 7.57. The summed E-state index contributed by atoms with van der Waals surface area (Å²) in [6.45, 7) is 2.23. The largest absolute Gasteiger partial charge is 0.326 e. The van der Waals surface area contributed by atoms with Crippen LogP contribution in [0.15, 0.2) is 42.5 Å². The molecule has 3 rings (SSSR count). The normalized spacial score (nSPS) is 14.7. The molecule has 0 radical (unpaired) electrons. The Kier molecular flexibility index (Phi) is 7.90. The SMILES string of the molecule is O=C(CCc1c(F)cccc1F)Nc1cccc(NC(=O)CN2CCCCCC2)c1. The van der Waals surface area contributed by atoms with E-state index in [4.69, 9.17) is 0 Å².